The van der Waals surface area contributed by atoms with Gasteiger partial charge < -0.3 is 20.6 Å². The lowest BCUT2D eigenvalue weighted by Gasteiger charge is -2.22. The molecule has 0 aliphatic heterocycles. The van der Waals surface area contributed by atoms with Crippen LogP contribution in [0.5, 0.6) is 11.5 Å². The van der Waals surface area contributed by atoms with Gasteiger partial charge in [0, 0.05) is 24.9 Å². The van der Waals surface area contributed by atoms with Crippen LogP contribution in [-0.4, -0.2) is 26.3 Å². The van der Waals surface area contributed by atoms with Gasteiger partial charge in [-0.1, -0.05) is 42.5 Å². The third-order valence-corrected chi connectivity index (χ3v) is 6.70. The van der Waals surface area contributed by atoms with Gasteiger partial charge in [-0.25, -0.2) is 4.79 Å². The fraction of sp³-hybridized carbons (Fsp3) is 0.148. The van der Waals surface area contributed by atoms with Crippen molar-refractivity contribution in [2.45, 2.75) is 5.92 Å². The Morgan fingerprint density at radius 3 is 2.28 bits per heavy atom. The van der Waals surface area contributed by atoms with E-state index >= 15 is 0 Å². The highest BCUT2D eigenvalue weighted by Gasteiger charge is 2.31. The number of aromatic nitrogens is 3. The molecular weight excluding hydrogens is 460 g/mol. The Hall–Kier alpha value is -4.79. The van der Waals surface area contributed by atoms with Crippen molar-refractivity contribution in [1.29, 1.82) is 0 Å². The number of rotatable bonds is 4. The van der Waals surface area contributed by atoms with Gasteiger partial charge in [-0.15, -0.1) is 0 Å². The Kier molecular flexibility index (Phi) is 5.40. The maximum atomic E-state index is 13.6. The SMILES string of the molecule is COc1ccc(C(c2c(O)c3ccc4ccccc4c3[nH]c2=O)c2c(N)n(C)c(=O)n(C)c2=O)cc1. The number of methoxy groups -OCH3 is 1. The molecule has 0 aliphatic rings. The van der Waals surface area contributed by atoms with Gasteiger partial charge in [0.25, 0.3) is 11.1 Å². The lowest BCUT2D eigenvalue weighted by Crippen LogP contribution is -2.41. The highest BCUT2D eigenvalue weighted by Crippen LogP contribution is 2.39. The van der Waals surface area contributed by atoms with Crippen LogP contribution in [0.2, 0.25) is 0 Å². The maximum absolute atomic E-state index is 13.6. The van der Waals surface area contributed by atoms with Gasteiger partial charge >= 0.3 is 5.69 Å². The molecule has 182 valence electrons. The number of nitrogens with two attached hydrogens (primary N) is 1. The predicted octanol–water partition coefficient (Wildman–Crippen LogP) is 2.56. The summed E-state index contributed by atoms with van der Waals surface area (Å²) in [6.07, 6.45) is 0. The van der Waals surface area contributed by atoms with Gasteiger partial charge in [0.05, 0.1) is 29.7 Å². The van der Waals surface area contributed by atoms with Crippen molar-refractivity contribution in [2.24, 2.45) is 14.1 Å². The number of fused-ring (bicyclic) bond motifs is 3. The normalized spacial score (nSPS) is 12.2. The minimum Gasteiger partial charge on any atom is -0.507 e. The van der Waals surface area contributed by atoms with Gasteiger partial charge in [0.2, 0.25) is 0 Å². The third kappa shape index (κ3) is 3.36. The Morgan fingerprint density at radius 2 is 1.58 bits per heavy atom. The summed E-state index contributed by atoms with van der Waals surface area (Å²) in [6.45, 7) is 0. The van der Waals surface area contributed by atoms with E-state index in [-0.39, 0.29) is 22.7 Å². The van der Waals surface area contributed by atoms with Crippen LogP contribution >= 0.6 is 0 Å². The number of hydrogen-bond acceptors (Lipinski definition) is 6. The summed E-state index contributed by atoms with van der Waals surface area (Å²) in [5.74, 6) is -0.861. The van der Waals surface area contributed by atoms with Gasteiger partial charge in [-0.05, 0) is 29.1 Å². The molecule has 4 N–H and O–H groups in total. The van der Waals surface area contributed by atoms with Crippen molar-refractivity contribution >= 4 is 27.5 Å². The second-order valence-electron chi connectivity index (χ2n) is 8.64. The van der Waals surface area contributed by atoms with E-state index in [2.05, 4.69) is 4.98 Å². The number of aromatic amines is 1. The van der Waals surface area contributed by atoms with Gasteiger partial charge in [0.1, 0.15) is 17.3 Å². The largest absolute Gasteiger partial charge is 0.507 e. The van der Waals surface area contributed by atoms with E-state index in [0.29, 0.717) is 22.2 Å². The number of aromatic hydroxyl groups is 1. The van der Waals surface area contributed by atoms with Crippen molar-refractivity contribution in [3.63, 3.8) is 0 Å². The van der Waals surface area contributed by atoms with Crippen LogP contribution in [-0.2, 0) is 14.1 Å². The number of pyridine rings is 1. The number of anilines is 1. The summed E-state index contributed by atoms with van der Waals surface area (Å²) in [6, 6.07) is 17.8. The molecule has 0 bridgehead atoms. The van der Waals surface area contributed by atoms with E-state index in [4.69, 9.17) is 10.5 Å². The molecule has 0 radical (unpaired) electrons. The summed E-state index contributed by atoms with van der Waals surface area (Å²) in [7, 11) is 4.31. The summed E-state index contributed by atoms with van der Waals surface area (Å²) in [4.78, 5) is 42.4. The molecule has 3 aromatic carbocycles. The number of ether oxygens (including phenoxy) is 1. The van der Waals surface area contributed by atoms with Crippen molar-refractivity contribution in [3.8, 4) is 11.5 Å². The number of nitrogens with zero attached hydrogens (tertiary/aromatic N) is 2. The van der Waals surface area contributed by atoms with Crippen molar-refractivity contribution in [3.05, 3.63) is 109 Å². The molecule has 9 nitrogen and oxygen atoms in total. The molecule has 0 fully saturated rings. The first-order valence-electron chi connectivity index (χ1n) is 11.2. The molecule has 5 aromatic rings. The molecule has 5 rings (SSSR count). The molecule has 2 aromatic heterocycles. The summed E-state index contributed by atoms with van der Waals surface area (Å²) in [5.41, 5.74) is 5.42. The predicted molar refractivity (Wildman–Crippen MR) is 139 cm³/mol. The zero-order valence-corrected chi connectivity index (χ0v) is 19.9. The van der Waals surface area contributed by atoms with Gasteiger partial charge in [-0.2, -0.15) is 0 Å². The lowest BCUT2D eigenvalue weighted by molar-refractivity contribution is 0.414. The second kappa shape index (κ2) is 8.46. The van der Waals surface area contributed by atoms with Crippen LogP contribution in [0.3, 0.4) is 0 Å². The second-order valence-corrected chi connectivity index (χ2v) is 8.64. The zero-order chi connectivity index (χ0) is 25.7. The smallest absolute Gasteiger partial charge is 0.332 e. The number of nitrogen functional groups attached to an aromatic ring is 1. The Bertz CT molecular complexity index is 1830. The first-order chi connectivity index (χ1) is 17.2. The topological polar surface area (TPSA) is 132 Å². The standard InChI is InChI=1S/C27H24N4O5/c1-30-24(28)21(26(34)31(2)27(30)35)19(15-8-11-16(36-3)12-9-15)20-23(32)18-13-10-14-6-4-5-7-17(14)22(18)29-25(20)33/h4-13,19H,28H2,1-3H3,(H2,29,32,33). The van der Waals surface area contributed by atoms with Crippen LogP contribution in [0.1, 0.15) is 22.6 Å². The summed E-state index contributed by atoms with van der Waals surface area (Å²) < 4.78 is 7.33. The van der Waals surface area contributed by atoms with Crippen LogP contribution < -0.4 is 27.3 Å². The number of nitrogens with one attached hydrogen (secondary N) is 1. The molecule has 0 spiro atoms. The zero-order valence-electron chi connectivity index (χ0n) is 19.9. The molecule has 0 aliphatic carbocycles. The molecule has 1 atom stereocenters. The molecule has 36 heavy (non-hydrogen) atoms. The van der Waals surface area contributed by atoms with Crippen molar-refractivity contribution < 1.29 is 9.84 Å². The number of H-pyrrole nitrogens is 1. The maximum Gasteiger partial charge on any atom is 0.332 e. The van der Waals surface area contributed by atoms with E-state index in [9.17, 15) is 19.5 Å². The molecule has 1 unspecified atom stereocenters. The molecule has 0 saturated carbocycles. The summed E-state index contributed by atoms with van der Waals surface area (Å²) >= 11 is 0. The first-order valence-corrected chi connectivity index (χ1v) is 11.2. The average Bonchev–Trinajstić information content (AvgIpc) is 2.90. The van der Waals surface area contributed by atoms with Crippen LogP contribution in [0.15, 0.2) is 75.0 Å². The molecular formula is C27H24N4O5. The molecule has 0 amide bonds. The van der Waals surface area contributed by atoms with Gasteiger partial charge in [-0.3, -0.25) is 18.7 Å². The van der Waals surface area contributed by atoms with Crippen LogP contribution in [0.4, 0.5) is 5.82 Å². The van der Waals surface area contributed by atoms with Gasteiger partial charge in [0.15, 0.2) is 0 Å². The highest BCUT2D eigenvalue weighted by molar-refractivity contribution is 6.07. The molecule has 9 heteroatoms. The molecule has 2 heterocycles. The van der Waals surface area contributed by atoms with E-state index in [1.54, 1.807) is 30.3 Å². The third-order valence-electron chi connectivity index (χ3n) is 6.70. The fourth-order valence-corrected chi connectivity index (χ4v) is 4.74. The Labute approximate surface area is 204 Å². The highest BCUT2D eigenvalue weighted by atomic mass is 16.5. The van der Waals surface area contributed by atoms with E-state index in [1.807, 2.05) is 30.3 Å². The lowest BCUT2D eigenvalue weighted by atomic mass is 9.84. The Balaban J connectivity index is 1.91. The minimum absolute atomic E-state index is 0.00528. The quantitative estimate of drug-likeness (QED) is 0.336. The van der Waals surface area contributed by atoms with E-state index < -0.39 is 22.7 Å². The molecule has 0 saturated heterocycles. The van der Waals surface area contributed by atoms with E-state index in [0.717, 1.165) is 19.9 Å². The average molecular weight is 485 g/mol. The van der Waals surface area contributed by atoms with Crippen molar-refractivity contribution in [2.75, 3.05) is 12.8 Å². The van der Waals surface area contributed by atoms with Crippen molar-refractivity contribution in [1.82, 2.24) is 14.1 Å². The minimum atomic E-state index is -1.07. The fourth-order valence-electron chi connectivity index (χ4n) is 4.74. The Morgan fingerprint density at radius 1 is 0.889 bits per heavy atom. The number of benzene rings is 3. The monoisotopic (exact) mass is 484 g/mol. The van der Waals surface area contributed by atoms with Crippen LogP contribution in [0, 0.1) is 0 Å². The summed E-state index contributed by atoms with van der Waals surface area (Å²) in [5, 5.41) is 13.6. The number of hydrogen-bond donors (Lipinski definition) is 3. The van der Waals surface area contributed by atoms with E-state index in [1.165, 1.54) is 21.2 Å². The first kappa shape index (κ1) is 23.0. The van der Waals surface area contributed by atoms with Crippen LogP contribution in [0.25, 0.3) is 21.7 Å².